The standard InChI is InChI=1S/C18H21FN2/c1-13(17-7-8-18(19)21-12-17)10-20-11-14-3-2-4-16(9-14)15-5-6-15/h2-4,7-9,12-13,15,20H,5-6,10-11H2,1H3. The fourth-order valence-corrected chi connectivity index (χ4v) is 2.60. The monoisotopic (exact) mass is 284 g/mol. The zero-order valence-corrected chi connectivity index (χ0v) is 12.3. The number of rotatable bonds is 6. The Kier molecular flexibility index (Phi) is 4.30. The van der Waals surface area contributed by atoms with Gasteiger partial charge in [0.15, 0.2) is 0 Å². The Balaban J connectivity index is 1.51. The van der Waals surface area contributed by atoms with Gasteiger partial charge in [-0.15, -0.1) is 0 Å². The van der Waals surface area contributed by atoms with Gasteiger partial charge in [-0.3, -0.25) is 0 Å². The fraction of sp³-hybridized carbons (Fsp3) is 0.389. The number of pyridine rings is 1. The second kappa shape index (κ2) is 6.35. The van der Waals surface area contributed by atoms with E-state index in [1.165, 1.54) is 30.0 Å². The molecular formula is C18H21FN2. The third-order valence-corrected chi connectivity index (χ3v) is 4.10. The number of nitrogens with one attached hydrogen (secondary N) is 1. The van der Waals surface area contributed by atoms with Gasteiger partial charge in [-0.05, 0) is 47.4 Å². The summed E-state index contributed by atoms with van der Waals surface area (Å²) in [6.45, 7) is 3.86. The molecule has 1 N–H and O–H groups in total. The van der Waals surface area contributed by atoms with Crippen LogP contribution in [-0.4, -0.2) is 11.5 Å². The molecule has 21 heavy (non-hydrogen) atoms. The third-order valence-electron chi connectivity index (χ3n) is 4.10. The van der Waals surface area contributed by atoms with Crippen LogP contribution in [0.5, 0.6) is 0 Å². The first-order chi connectivity index (χ1) is 10.2. The fourth-order valence-electron chi connectivity index (χ4n) is 2.60. The highest BCUT2D eigenvalue weighted by atomic mass is 19.1. The van der Waals surface area contributed by atoms with Crippen LogP contribution < -0.4 is 5.32 Å². The lowest BCUT2D eigenvalue weighted by Crippen LogP contribution is -2.19. The van der Waals surface area contributed by atoms with E-state index in [2.05, 4.69) is 41.5 Å². The van der Waals surface area contributed by atoms with Crippen molar-refractivity contribution < 1.29 is 4.39 Å². The summed E-state index contributed by atoms with van der Waals surface area (Å²) < 4.78 is 12.8. The van der Waals surface area contributed by atoms with Crippen molar-refractivity contribution >= 4 is 0 Å². The van der Waals surface area contributed by atoms with Gasteiger partial charge in [0.25, 0.3) is 0 Å². The molecule has 1 aromatic heterocycles. The number of halogens is 1. The summed E-state index contributed by atoms with van der Waals surface area (Å²) in [6.07, 6.45) is 4.30. The van der Waals surface area contributed by atoms with Crippen LogP contribution in [0.4, 0.5) is 4.39 Å². The molecule has 0 spiro atoms. The molecule has 1 saturated carbocycles. The summed E-state index contributed by atoms with van der Waals surface area (Å²) in [7, 11) is 0. The summed E-state index contributed by atoms with van der Waals surface area (Å²) in [4.78, 5) is 3.71. The molecule has 0 amide bonds. The molecule has 1 atom stereocenters. The van der Waals surface area contributed by atoms with Gasteiger partial charge in [-0.25, -0.2) is 4.98 Å². The molecule has 0 saturated heterocycles. The molecule has 1 aliphatic carbocycles. The van der Waals surface area contributed by atoms with Crippen LogP contribution in [0.3, 0.4) is 0 Å². The highest BCUT2D eigenvalue weighted by Gasteiger charge is 2.23. The Morgan fingerprint density at radius 3 is 2.86 bits per heavy atom. The molecule has 2 aromatic rings. The van der Waals surface area contributed by atoms with E-state index in [1.54, 1.807) is 6.20 Å². The smallest absolute Gasteiger partial charge is 0.212 e. The minimum atomic E-state index is -0.421. The summed E-state index contributed by atoms with van der Waals surface area (Å²) in [5.74, 6) is 0.703. The first-order valence-corrected chi connectivity index (χ1v) is 7.63. The Morgan fingerprint density at radius 1 is 1.29 bits per heavy atom. The Labute approximate surface area is 125 Å². The Bertz CT molecular complexity index is 590. The molecule has 1 unspecified atom stereocenters. The Morgan fingerprint density at radius 2 is 2.14 bits per heavy atom. The summed E-state index contributed by atoms with van der Waals surface area (Å²) in [5.41, 5.74) is 3.88. The van der Waals surface area contributed by atoms with Crippen LogP contribution in [-0.2, 0) is 6.54 Å². The van der Waals surface area contributed by atoms with Gasteiger partial charge in [-0.2, -0.15) is 4.39 Å². The van der Waals surface area contributed by atoms with Gasteiger partial charge in [0.1, 0.15) is 0 Å². The van der Waals surface area contributed by atoms with Gasteiger partial charge in [0, 0.05) is 19.3 Å². The zero-order chi connectivity index (χ0) is 14.7. The number of hydrogen-bond donors (Lipinski definition) is 1. The van der Waals surface area contributed by atoms with Crippen molar-refractivity contribution in [2.24, 2.45) is 0 Å². The van der Waals surface area contributed by atoms with Crippen molar-refractivity contribution in [3.63, 3.8) is 0 Å². The molecule has 1 fully saturated rings. The number of benzene rings is 1. The van der Waals surface area contributed by atoms with E-state index >= 15 is 0 Å². The lowest BCUT2D eigenvalue weighted by atomic mass is 10.0. The maximum atomic E-state index is 12.8. The van der Waals surface area contributed by atoms with Crippen molar-refractivity contribution in [1.29, 1.82) is 0 Å². The highest BCUT2D eigenvalue weighted by molar-refractivity contribution is 5.29. The van der Waals surface area contributed by atoms with E-state index in [0.29, 0.717) is 5.92 Å². The molecule has 0 aliphatic heterocycles. The molecular weight excluding hydrogens is 263 g/mol. The lowest BCUT2D eigenvalue weighted by Gasteiger charge is -2.13. The molecule has 1 aliphatic rings. The van der Waals surface area contributed by atoms with Crippen molar-refractivity contribution in [1.82, 2.24) is 10.3 Å². The first kappa shape index (κ1) is 14.2. The highest BCUT2D eigenvalue weighted by Crippen LogP contribution is 2.40. The van der Waals surface area contributed by atoms with Gasteiger partial charge < -0.3 is 5.32 Å². The maximum Gasteiger partial charge on any atom is 0.212 e. The van der Waals surface area contributed by atoms with E-state index in [0.717, 1.165) is 24.6 Å². The minimum absolute atomic E-state index is 0.324. The van der Waals surface area contributed by atoms with Crippen molar-refractivity contribution in [3.05, 3.63) is 65.2 Å². The van der Waals surface area contributed by atoms with E-state index < -0.39 is 5.95 Å². The van der Waals surface area contributed by atoms with Crippen molar-refractivity contribution in [3.8, 4) is 0 Å². The van der Waals surface area contributed by atoms with Gasteiger partial charge in [0.05, 0.1) is 0 Å². The minimum Gasteiger partial charge on any atom is -0.312 e. The zero-order valence-electron chi connectivity index (χ0n) is 12.3. The summed E-state index contributed by atoms with van der Waals surface area (Å²) >= 11 is 0. The van der Waals surface area contributed by atoms with Gasteiger partial charge >= 0.3 is 0 Å². The predicted octanol–water partition coefficient (Wildman–Crippen LogP) is 3.99. The van der Waals surface area contributed by atoms with Crippen LogP contribution in [0, 0.1) is 5.95 Å². The molecule has 0 bridgehead atoms. The average Bonchev–Trinajstić information content (AvgIpc) is 3.33. The van der Waals surface area contributed by atoms with E-state index in [9.17, 15) is 4.39 Å². The van der Waals surface area contributed by atoms with Crippen molar-refractivity contribution in [2.75, 3.05) is 6.54 Å². The van der Waals surface area contributed by atoms with Gasteiger partial charge in [0.2, 0.25) is 5.95 Å². The topological polar surface area (TPSA) is 24.9 Å². The normalized spacial score (nSPS) is 15.9. The Hall–Kier alpha value is -1.74. The van der Waals surface area contributed by atoms with Crippen LogP contribution in [0.15, 0.2) is 42.6 Å². The van der Waals surface area contributed by atoms with E-state index in [4.69, 9.17) is 0 Å². The van der Waals surface area contributed by atoms with Crippen LogP contribution >= 0.6 is 0 Å². The molecule has 3 rings (SSSR count). The van der Waals surface area contributed by atoms with Gasteiger partial charge in [-0.1, -0.05) is 37.3 Å². The average molecular weight is 284 g/mol. The third kappa shape index (κ3) is 3.88. The second-order valence-electron chi connectivity index (χ2n) is 5.97. The summed E-state index contributed by atoms with van der Waals surface area (Å²) in [6, 6.07) is 12.1. The van der Waals surface area contributed by atoms with E-state index in [1.807, 2.05) is 6.07 Å². The largest absolute Gasteiger partial charge is 0.312 e. The second-order valence-corrected chi connectivity index (χ2v) is 5.97. The molecule has 110 valence electrons. The maximum absolute atomic E-state index is 12.8. The van der Waals surface area contributed by atoms with Crippen LogP contribution in [0.2, 0.25) is 0 Å². The van der Waals surface area contributed by atoms with Crippen LogP contribution in [0.25, 0.3) is 0 Å². The first-order valence-electron chi connectivity index (χ1n) is 7.63. The summed E-state index contributed by atoms with van der Waals surface area (Å²) in [5, 5.41) is 3.48. The molecule has 0 radical (unpaired) electrons. The van der Waals surface area contributed by atoms with Crippen LogP contribution in [0.1, 0.15) is 48.3 Å². The molecule has 3 heteroatoms. The SMILES string of the molecule is CC(CNCc1cccc(C2CC2)c1)c1ccc(F)nc1. The predicted molar refractivity (Wildman–Crippen MR) is 82.7 cm³/mol. The van der Waals surface area contributed by atoms with E-state index in [-0.39, 0.29) is 0 Å². The lowest BCUT2D eigenvalue weighted by molar-refractivity contribution is 0.574. The number of nitrogens with zero attached hydrogens (tertiary/aromatic N) is 1. The number of hydrogen-bond acceptors (Lipinski definition) is 2. The van der Waals surface area contributed by atoms with Crippen molar-refractivity contribution in [2.45, 2.75) is 38.1 Å². The molecule has 1 aromatic carbocycles. The molecule has 1 heterocycles. The number of aromatic nitrogens is 1. The molecule has 2 nitrogen and oxygen atoms in total. The quantitative estimate of drug-likeness (QED) is 0.811.